The SMILES string of the molecule is COC(=O)/C=C/C[C@H]1CC(O[Si](C)(C)C(C)(C)C)[C@@H](C)C/C=C/Cc2cccc(O[Si](C)(C)C(C)(C)C)c2C(=O)O1. The molecule has 3 atom stereocenters. The van der Waals surface area contributed by atoms with Gasteiger partial charge in [-0.05, 0) is 66.7 Å². The lowest BCUT2D eigenvalue weighted by atomic mass is 9.93. The lowest BCUT2D eigenvalue weighted by Gasteiger charge is -2.41. The highest BCUT2D eigenvalue weighted by Gasteiger charge is 2.42. The number of carbonyl (C=O) groups is 2. The smallest absolute Gasteiger partial charge is 0.342 e. The number of allylic oxidation sites excluding steroid dienone is 2. The zero-order chi connectivity index (χ0) is 31.2. The second kappa shape index (κ2) is 13.9. The Labute approximate surface area is 251 Å². The van der Waals surface area contributed by atoms with Crippen molar-refractivity contribution < 1.29 is 27.9 Å². The monoisotopic (exact) mass is 602 g/mol. The van der Waals surface area contributed by atoms with Crippen LogP contribution in [0.4, 0.5) is 0 Å². The van der Waals surface area contributed by atoms with Crippen LogP contribution in [0.15, 0.2) is 42.5 Å². The van der Waals surface area contributed by atoms with Crippen LogP contribution in [0.25, 0.3) is 0 Å². The van der Waals surface area contributed by atoms with Crippen LogP contribution in [0, 0.1) is 5.92 Å². The molecule has 0 amide bonds. The Kier molecular flexibility index (Phi) is 11.9. The van der Waals surface area contributed by atoms with E-state index in [1.54, 1.807) is 6.08 Å². The number of carbonyl (C=O) groups excluding carboxylic acids is 2. The van der Waals surface area contributed by atoms with Gasteiger partial charge < -0.3 is 18.3 Å². The van der Waals surface area contributed by atoms with Crippen molar-refractivity contribution in [3.05, 3.63) is 53.6 Å². The number of cyclic esters (lactones) is 1. The highest BCUT2D eigenvalue weighted by Crippen LogP contribution is 2.41. The maximum absolute atomic E-state index is 14.0. The van der Waals surface area contributed by atoms with Crippen LogP contribution in [0.3, 0.4) is 0 Å². The third-order valence-corrected chi connectivity index (χ3v) is 17.9. The second-order valence-corrected chi connectivity index (χ2v) is 23.9. The molecule has 0 spiro atoms. The van der Waals surface area contributed by atoms with Crippen LogP contribution < -0.4 is 4.43 Å². The lowest BCUT2D eigenvalue weighted by molar-refractivity contribution is -0.134. The van der Waals surface area contributed by atoms with Gasteiger partial charge in [0.2, 0.25) is 0 Å². The first-order chi connectivity index (χ1) is 18.8. The summed E-state index contributed by atoms with van der Waals surface area (Å²) in [6.07, 6.45) is 9.22. The molecule has 0 radical (unpaired) electrons. The van der Waals surface area contributed by atoms with E-state index in [1.165, 1.54) is 13.2 Å². The molecule has 2 rings (SSSR count). The third kappa shape index (κ3) is 9.68. The number of benzene rings is 1. The Hall–Kier alpha value is -2.17. The Morgan fingerprint density at radius 2 is 1.66 bits per heavy atom. The van der Waals surface area contributed by atoms with Crippen molar-refractivity contribution >= 4 is 28.6 Å². The van der Waals surface area contributed by atoms with E-state index < -0.39 is 34.7 Å². The fourth-order valence-corrected chi connectivity index (χ4v) is 6.63. The summed E-state index contributed by atoms with van der Waals surface area (Å²) in [5.41, 5.74) is 1.37. The molecule has 41 heavy (non-hydrogen) atoms. The summed E-state index contributed by atoms with van der Waals surface area (Å²) in [4.78, 5) is 25.8. The molecule has 0 aromatic heterocycles. The van der Waals surface area contributed by atoms with Gasteiger partial charge in [-0.1, -0.05) is 78.8 Å². The molecule has 1 aromatic rings. The van der Waals surface area contributed by atoms with Crippen LogP contribution in [-0.2, 0) is 25.1 Å². The Balaban J connectivity index is 2.57. The van der Waals surface area contributed by atoms with Crippen molar-refractivity contribution in [1.29, 1.82) is 0 Å². The van der Waals surface area contributed by atoms with Crippen LogP contribution in [-0.4, -0.2) is 47.9 Å². The maximum Gasteiger partial charge on any atom is 0.342 e. The predicted octanol–water partition coefficient (Wildman–Crippen LogP) is 8.63. The fourth-order valence-electron chi connectivity index (χ4n) is 4.16. The summed E-state index contributed by atoms with van der Waals surface area (Å²) < 4.78 is 24.7. The van der Waals surface area contributed by atoms with E-state index in [4.69, 9.17) is 18.3 Å². The van der Waals surface area contributed by atoms with Gasteiger partial charge in [0.15, 0.2) is 8.32 Å². The number of methoxy groups -OCH3 is 1. The largest absolute Gasteiger partial charge is 0.543 e. The molecule has 1 aliphatic rings. The minimum atomic E-state index is -2.23. The molecule has 1 aliphatic heterocycles. The predicted molar refractivity (Wildman–Crippen MR) is 173 cm³/mol. The average Bonchev–Trinajstić information content (AvgIpc) is 2.83. The molecule has 6 nitrogen and oxygen atoms in total. The van der Waals surface area contributed by atoms with E-state index in [-0.39, 0.29) is 22.1 Å². The van der Waals surface area contributed by atoms with Crippen molar-refractivity contribution in [2.45, 2.75) is 123 Å². The number of ether oxygens (including phenoxy) is 2. The lowest BCUT2D eigenvalue weighted by Crippen LogP contribution is -2.46. The van der Waals surface area contributed by atoms with E-state index in [1.807, 2.05) is 18.2 Å². The van der Waals surface area contributed by atoms with Crippen molar-refractivity contribution in [3.8, 4) is 5.75 Å². The number of esters is 2. The normalized spacial score (nSPS) is 22.2. The summed E-state index contributed by atoms with van der Waals surface area (Å²) in [6.45, 7) is 24.3. The van der Waals surface area contributed by atoms with Crippen LogP contribution in [0.2, 0.25) is 36.3 Å². The second-order valence-electron chi connectivity index (χ2n) is 14.4. The highest BCUT2D eigenvalue weighted by molar-refractivity contribution is 6.75. The minimum Gasteiger partial charge on any atom is -0.543 e. The Morgan fingerprint density at radius 3 is 2.24 bits per heavy atom. The quantitative estimate of drug-likeness (QED) is 0.135. The average molecular weight is 603 g/mol. The van der Waals surface area contributed by atoms with Crippen LogP contribution in [0.5, 0.6) is 5.75 Å². The first-order valence-corrected chi connectivity index (χ1v) is 20.7. The Morgan fingerprint density at radius 1 is 1.02 bits per heavy atom. The van der Waals surface area contributed by atoms with Gasteiger partial charge in [-0.25, -0.2) is 9.59 Å². The zero-order valence-electron chi connectivity index (χ0n) is 27.6. The van der Waals surface area contributed by atoms with Crippen LogP contribution >= 0.6 is 0 Å². The molecule has 1 unspecified atom stereocenters. The van der Waals surface area contributed by atoms with Gasteiger partial charge in [0.1, 0.15) is 17.4 Å². The van der Waals surface area contributed by atoms with Gasteiger partial charge in [0.25, 0.3) is 8.32 Å². The summed E-state index contributed by atoms with van der Waals surface area (Å²) in [5, 5.41) is 0.00864. The van der Waals surface area contributed by atoms with E-state index in [2.05, 4.69) is 86.8 Å². The summed E-state index contributed by atoms with van der Waals surface area (Å²) >= 11 is 0. The van der Waals surface area contributed by atoms with Gasteiger partial charge in [-0.3, -0.25) is 0 Å². The molecule has 0 bridgehead atoms. The molecule has 0 saturated carbocycles. The first-order valence-electron chi connectivity index (χ1n) is 14.9. The molecule has 0 aliphatic carbocycles. The van der Waals surface area contributed by atoms with E-state index in [9.17, 15) is 9.59 Å². The Bertz CT molecular complexity index is 1110. The van der Waals surface area contributed by atoms with Gasteiger partial charge in [-0.2, -0.15) is 0 Å². The van der Waals surface area contributed by atoms with Crippen molar-refractivity contribution in [2.24, 2.45) is 5.92 Å². The zero-order valence-corrected chi connectivity index (χ0v) is 29.6. The van der Waals surface area contributed by atoms with E-state index in [0.717, 1.165) is 12.0 Å². The summed E-state index contributed by atoms with van der Waals surface area (Å²) in [5.74, 6) is -0.0416. The molecule has 0 fully saturated rings. The highest BCUT2D eigenvalue weighted by atomic mass is 28.4. The molecule has 1 aromatic carbocycles. The van der Waals surface area contributed by atoms with Gasteiger partial charge in [0.05, 0.1) is 13.2 Å². The molecular weight excluding hydrogens is 549 g/mol. The first kappa shape index (κ1) is 35.0. The van der Waals surface area contributed by atoms with E-state index >= 15 is 0 Å². The number of fused-ring (bicyclic) bond motifs is 1. The van der Waals surface area contributed by atoms with E-state index in [0.29, 0.717) is 30.6 Å². The molecular formula is C33H54O6Si2. The summed E-state index contributed by atoms with van der Waals surface area (Å²) in [7, 11) is -2.99. The van der Waals surface area contributed by atoms with Crippen LogP contribution in [0.1, 0.15) is 83.7 Å². The standard InChI is InChI=1S/C33H54O6Si2/c1-24-17-13-14-18-25-19-15-21-27(38-40(9,10)32(2,3)4)30(25)31(35)37-26(20-16-22-29(34)36-8)23-28(24)39-41(11,12)33(5,6)7/h13-16,19,21-22,24,26,28H,17-18,20,23H2,1-12H3/b14-13+,22-16+/t24-,26-,28?/m0/s1. The third-order valence-electron chi connectivity index (χ3n) is 9.01. The fraction of sp³-hybridized carbons (Fsp3) is 0.636. The molecule has 0 N–H and O–H groups in total. The molecule has 0 saturated heterocycles. The maximum atomic E-state index is 14.0. The van der Waals surface area contributed by atoms with Gasteiger partial charge in [-0.15, -0.1) is 0 Å². The van der Waals surface area contributed by atoms with Gasteiger partial charge >= 0.3 is 11.9 Å². The minimum absolute atomic E-state index is 0.0312. The molecule has 1 heterocycles. The van der Waals surface area contributed by atoms with Crippen molar-refractivity contribution in [3.63, 3.8) is 0 Å². The van der Waals surface area contributed by atoms with Crippen molar-refractivity contribution in [2.75, 3.05) is 7.11 Å². The topological polar surface area (TPSA) is 71.1 Å². The number of hydrogen-bond acceptors (Lipinski definition) is 6. The molecule has 8 heteroatoms. The van der Waals surface area contributed by atoms with Gasteiger partial charge in [0, 0.05) is 18.9 Å². The summed E-state index contributed by atoms with van der Waals surface area (Å²) in [6, 6.07) is 5.81. The van der Waals surface area contributed by atoms with Crippen molar-refractivity contribution in [1.82, 2.24) is 0 Å². The number of hydrogen-bond donors (Lipinski definition) is 0. The number of rotatable bonds is 7. The molecule has 230 valence electrons.